The lowest BCUT2D eigenvalue weighted by Gasteiger charge is -2.15. The lowest BCUT2D eigenvalue weighted by Crippen LogP contribution is -1.96. The standard InChI is InChI=1S/C42H28BrN/c43-37-23-24-42-40(28-37)39-13-7-8-14-41(39)44(42)38-26-35(33-19-15-31(16-20-33)29-9-3-1-4-10-29)25-36(27-38)34-21-17-32(18-22-34)30-11-5-2-6-12-30/h1-28H. The summed E-state index contributed by atoms with van der Waals surface area (Å²) >= 11 is 3.70. The number of halogens is 1. The van der Waals surface area contributed by atoms with Gasteiger partial charge in [-0.05, 0) is 87.0 Å². The Morgan fingerprint density at radius 2 is 0.750 bits per heavy atom. The van der Waals surface area contributed by atoms with E-state index in [0.717, 1.165) is 10.2 Å². The lowest BCUT2D eigenvalue weighted by molar-refractivity contribution is 1.18. The fraction of sp³-hybridized carbons (Fsp3) is 0. The van der Waals surface area contributed by atoms with E-state index < -0.39 is 0 Å². The van der Waals surface area contributed by atoms with E-state index in [4.69, 9.17) is 0 Å². The van der Waals surface area contributed by atoms with E-state index in [2.05, 4.69) is 190 Å². The van der Waals surface area contributed by atoms with Gasteiger partial charge in [-0.25, -0.2) is 0 Å². The number of para-hydroxylation sites is 1. The molecule has 44 heavy (non-hydrogen) atoms. The Kier molecular flexibility index (Phi) is 6.70. The average molecular weight is 627 g/mol. The Bertz CT molecular complexity index is 2140. The Labute approximate surface area is 265 Å². The highest BCUT2D eigenvalue weighted by Gasteiger charge is 2.15. The van der Waals surface area contributed by atoms with Gasteiger partial charge in [0.15, 0.2) is 0 Å². The minimum Gasteiger partial charge on any atom is -0.309 e. The molecule has 7 aromatic carbocycles. The third kappa shape index (κ3) is 4.84. The second-order valence-electron chi connectivity index (χ2n) is 11.2. The predicted octanol–water partition coefficient (Wildman–Crippen LogP) is 12.2. The quantitative estimate of drug-likeness (QED) is 0.179. The molecule has 8 rings (SSSR count). The number of rotatable bonds is 5. The van der Waals surface area contributed by atoms with Crippen LogP contribution in [0, 0.1) is 0 Å². The van der Waals surface area contributed by atoms with Gasteiger partial charge in [-0.2, -0.15) is 0 Å². The Hall–Kier alpha value is -5.18. The molecule has 0 N–H and O–H groups in total. The fourth-order valence-corrected chi connectivity index (χ4v) is 6.63. The highest BCUT2D eigenvalue weighted by molar-refractivity contribution is 9.10. The van der Waals surface area contributed by atoms with E-state index in [1.807, 2.05) is 0 Å². The van der Waals surface area contributed by atoms with Gasteiger partial charge in [0.05, 0.1) is 11.0 Å². The predicted molar refractivity (Wildman–Crippen MR) is 190 cm³/mol. The molecule has 8 aromatic rings. The van der Waals surface area contributed by atoms with Crippen molar-refractivity contribution in [2.24, 2.45) is 0 Å². The van der Waals surface area contributed by atoms with Crippen molar-refractivity contribution in [2.45, 2.75) is 0 Å². The summed E-state index contributed by atoms with van der Waals surface area (Å²) in [6.45, 7) is 0. The molecule has 0 spiro atoms. The van der Waals surface area contributed by atoms with Crippen LogP contribution in [0.2, 0.25) is 0 Å². The molecule has 1 nitrogen and oxygen atoms in total. The Morgan fingerprint density at radius 1 is 0.318 bits per heavy atom. The van der Waals surface area contributed by atoms with E-state index in [9.17, 15) is 0 Å². The maximum atomic E-state index is 3.70. The number of fused-ring (bicyclic) bond motifs is 3. The monoisotopic (exact) mass is 625 g/mol. The molecule has 0 atom stereocenters. The first kappa shape index (κ1) is 26.4. The van der Waals surface area contributed by atoms with Crippen LogP contribution in [0.3, 0.4) is 0 Å². The van der Waals surface area contributed by atoms with Gasteiger partial charge in [-0.15, -0.1) is 0 Å². The minimum absolute atomic E-state index is 1.08. The van der Waals surface area contributed by atoms with Crippen molar-refractivity contribution in [3.8, 4) is 50.2 Å². The van der Waals surface area contributed by atoms with Crippen LogP contribution < -0.4 is 0 Å². The highest BCUT2D eigenvalue weighted by atomic mass is 79.9. The second kappa shape index (κ2) is 11.1. The van der Waals surface area contributed by atoms with Crippen LogP contribution in [-0.2, 0) is 0 Å². The van der Waals surface area contributed by atoms with Crippen LogP contribution in [0.5, 0.6) is 0 Å². The van der Waals surface area contributed by atoms with Crippen LogP contribution in [0.4, 0.5) is 0 Å². The smallest absolute Gasteiger partial charge is 0.0541 e. The summed E-state index contributed by atoms with van der Waals surface area (Å²) < 4.78 is 3.49. The van der Waals surface area contributed by atoms with Gasteiger partial charge in [0.2, 0.25) is 0 Å². The van der Waals surface area contributed by atoms with E-state index in [-0.39, 0.29) is 0 Å². The third-order valence-electron chi connectivity index (χ3n) is 8.46. The summed E-state index contributed by atoms with van der Waals surface area (Å²) in [7, 11) is 0. The van der Waals surface area contributed by atoms with E-state index in [1.165, 1.54) is 66.3 Å². The van der Waals surface area contributed by atoms with E-state index >= 15 is 0 Å². The SMILES string of the molecule is Brc1ccc2c(c1)c1ccccc1n2-c1cc(-c2ccc(-c3ccccc3)cc2)cc(-c2ccc(-c3ccccc3)cc2)c1. The molecule has 208 valence electrons. The van der Waals surface area contributed by atoms with Gasteiger partial charge in [-0.1, -0.05) is 143 Å². The number of nitrogens with zero attached hydrogens (tertiary/aromatic N) is 1. The number of benzene rings is 7. The summed E-state index contributed by atoms with van der Waals surface area (Å²) in [5.74, 6) is 0. The maximum Gasteiger partial charge on any atom is 0.0541 e. The average Bonchev–Trinajstić information content (AvgIpc) is 3.42. The van der Waals surface area contributed by atoms with Gasteiger partial charge in [0, 0.05) is 20.9 Å². The molecular weight excluding hydrogens is 598 g/mol. The van der Waals surface area contributed by atoms with Crippen LogP contribution in [-0.4, -0.2) is 4.57 Å². The van der Waals surface area contributed by atoms with E-state index in [1.54, 1.807) is 0 Å². The van der Waals surface area contributed by atoms with Crippen molar-refractivity contribution in [3.05, 3.63) is 174 Å². The molecule has 0 saturated carbocycles. The molecule has 0 radical (unpaired) electrons. The summed E-state index contributed by atoms with van der Waals surface area (Å²) in [4.78, 5) is 0. The van der Waals surface area contributed by atoms with Crippen molar-refractivity contribution in [1.29, 1.82) is 0 Å². The Balaban J connectivity index is 1.31. The van der Waals surface area contributed by atoms with Crippen LogP contribution >= 0.6 is 15.9 Å². The zero-order valence-corrected chi connectivity index (χ0v) is 25.6. The summed E-state index contributed by atoms with van der Waals surface area (Å²) in [6, 6.07) is 61.2. The molecule has 0 aliphatic heterocycles. The number of aromatic nitrogens is 1. The molecule has 1 aromatic heterocycles. The topological polar surface area (TPSA) is 4.93 Å². The molecule has 1 heterocycles. The minimum atomic E-state index is 1.08. The first-order valence-electron chi connectivity index (χ1n) is 14.9. The highest BCUT2D eigenvalue weighted by Crippen LogP contribution is 2.37. The molecule has 0 saturated heterocycles. The van der Waals surface area contributed by atoms with Crippen molar-refractivity contribution in [1.82, 2.24) is 4.57 Å². The van der Waals surface area contributed by atoms with Gasteiger partial charge >= 0.3 is 0 Å². The fourth-order valence-electron chi connectivity index (χ4n) is 6.27. The largest absolute Gasteiger partial charge is 0.309 e. The summed E-state index contributed by atoms with van der Waals surface area (Å²) in [5, 5.41) is 2.48. The second-order valence-corrected chi connectivity index (χ2v) is 12.1. The molecule has 0 aliphatic carbocycles. The van der Waals surface area contributed by atoms with Gasteiger partial charge in [-0.3, -0.25) is 0 Å². The zero-order valence-electron chi connectivity index (χ0n) is 24.0. The molecule has 0 fully saturated rings. The molecule has 0 unspecified atom stereocenters. The third-order valence-corrected chi connectivity index (χ3v) is 8.95. The van der Waals surface area contributed by atoms with Crippen LogP contribution in [0.15, 0.2) is 174 Å². The van der Waals surface area contributed by atoms with Crippen molar-refractivity contribution < 1.29 is 0 Å². The molecule has 0 amide bonds. The number of hydrogen-bond acceptors (Lipinski definition) is 0. The molecule has 0 bridgehead atoms. The van der Waals surface area contributed by atoms with Crippen molar-refractivity contribution in [2.75, 3.05) is 0 Å². The van der Waals surface area contributed by atoms with Gasteiger partial charge in [0.25, 0.3) is 0 Å². The summed E-state index contributed by atoms with van der Waals surface area (Å²) in [5.41, 5.74) is 13.2. The van der Waals surface area contributed by atoms with E-state index in [0.29, 0.717) is 0 Å². The van der Waals surface area contributed by atoms with Crippen LogP contribution in [0.1, 0.15) is 0 Å². The van der Waals surface area contributed by atoms with Crippen molar-refractivity contribution in [3.63, 3.8) is 0 Å². The first-order valence-corrected chi connectivity index (χ1v) is 15.7. The van der Waals surface area contributed by atoms with Crippen LogP contribution in [0.25, 0.3) is 72.0 Å². The molecular formula is C42H28BrN. The first-order chi connectivity index (χ1) is 21.7. The normalized spacial score (nSPS) is 11.3. The molecule has 2 heteroatoms. The maximum absolute atomic E-state index is 3.70. The zero-order chi connectivity index (χ0) is 29.5. The van der Waals surface area contributed by atoms with Gasteiger partial charge < -0.3 is 4.57 Å². The van der Waals surface area contributed by atoms with Gasteiger partial charge in [0.1, 0.15) is 0 Å². The number of hydrogen-bond donors (Lipinski definition) is 0. The Morgan fingerprint density at radius 3 is 1.30 bits per heavy atom. The van der Waals surface area contributed by atoms with Crippen molar-refractivity contribution >= 4 is 37.7 Å². The lowest BCUT2D eigenvalue weighted by atomic mass is 9.95. The summed E-state index contributed by atoms with van der Waals surface area (Å²) in [6.07, 6.45) is 0. The molecule has 0 aliphatic rings.